The first-order chi connectivity index (χ1) is 9.15. The van der Waals surface area contributed by atoms with Crippen molar-refractivity contribution in [2.24, 2.45) is 5.41 Å². The first kappa shape index (κ1) is 14.4. The molecule has 0 spiro atoms. The molecule has 3 nitrogen and oxygen atoms in total. The molecule has 1 unspecified atom stereocenters. The number of hydrogen-bond donors (Lipinski definition) is 1. The highest BCUT2D eigenvalue weighted by molar-refractivity contribution is 5.47. The van der Waals surface area contributed by atoms with Crippen molar-refractivity contribution in [1.29, 1.82) is 0 Å². The number of nitrogens with one attached hydrogen (secondary N) is 1. The first-order valence-corrected chi connectivity index (χ1v) is 7.21. The van der Waals surface area contributed by atoms with E-state index in [0.717, 1.165) is 39.3 Å². The zero-order chi connectivity index (χ0) is 13.7. The van der Waals surface area contributed by atoms with Crippen LogP contribution in [0.5, 0.6) is 0 Å². The summed E-state index contributed by atoms with van der Waals surface area (Å²) in [5, 5.41) is 3.49. The average Bonchev–Trinajstić information content (AvgIpc) is 2.86. The lowest BCUT2D eigenvalue weighted by molar-refractivity contribution is 0.153. The Labute approximate surface area is 116 Å². The lowest BCUT2D eigenvalue weighted by atomic mass is 9.86. The third-order valence-corrected chi connectivity index (χ3v) is 3.98. The molecule has 106 valence electrons. The summed E-state index contributed by atoms with van der Waals surface area (Å²) >= 11 is 0. The van der Waals surface area contributed by atoms with Crippen molar-refractivity contribution in [3.63, 3.8) is 0 Å². The van der Waals surface area contributed by atoms with Gasteiger partial charge in [-0.05, 0) is 32.0 Å². The van der Waals surface area contributed by atoms with Crippen LogP contribution in [0, 0.1) is 12.3 Å². The summed E-state index contributed by atoms with van der Waals surface area (Å²) in [7, 11) is 2.18. The maximum Gasteiger partial charge on any atom is 0.0552 e. The summed E-state index contributed by atoms with van der Waals surface area (Å²) in [6.45, 7) is 9.16. The summed E-state index contributed by atoms with van der Waals surface area (Å²) in [4.78, 5) is 2.35. The molecule has 1 aromatic rings. The van der Waals surface area contributed by atoms with Crippen molar-refractivity contribution in [2.45, 2.75) is 20.3 Å². The van der Waals surface area contributed by atoms with E-state index >= 15 is 0 Å². The van der Waals surface area contributed by atoms with Crippen LogP contribution in [0.15, 0.2) is 24.3 Å². The SMILES string of the molecule is CCNCC1(CN(C)c2ccc(C)cc2)CCOC1. The zero-order valence-electron chi connectivity index (χ0n) is 12.4. The lowest BCUT2D eigenvalue weighted by Crippen LogP contribution is -2.43. The molecule has 0 amide bonds. The third-order valence-electron chi connectivity index (χ3n) is 3.98. The van der Waals surface area contributed by atoms with Gasteiger partial charge in [-0.1, -0.05) is 24.6 Å². The molecule has 1 saturated heterocycles. The van der Waals surface area contributed by atoms with Crippen LogP contribution >= 0.6 is 0 Å². The van der Waals surface area contributed by atoms with E-state index in [1.807, 2.05) is 0 Å². The molecule has 1 aromatic carbocycles. The standard InChI is InChI=1S/C16H26N2O/c1-4-17-11-16(9-10-19-13-16)12-18(3)15-7-5-14(2)6-8-15/h5-8,17H,4,9-13H2,1-3H3. The maximum atomic E-state index is 5.65. The fourth-order valence-electron chi connectivity index (χ4n) is 2.75. The van der Waals surface area contributed by atoms with Gasteiger partial charge in [0.05, 0.1) is 6.61 Å². The number of benzene rings is 1. The Morgan fingerprint density at radius 1 is 1.32 bits per heavy atom. The molecular formula is C16H26N2O. The Kier molecular flexibility index (Phi) is 4.83. The second-order valence-electron chi connectivity index (χ2n) is 5.77. The summed E-state index contributed by atoms with van der Waals surface area (Å²) in [5.41, 5.74) is 2.85. The molecule has 1 atom stereocenters. The quantitative estimate of drug-likeness (QED) is 0.852. The van der Waals surface area contributed by atoms with Gasteiger partial charge in [0.25, 0.3) is 0 Å². The molecule has 2 rings (SSSR count). The molecule has 0 aromatic heterocycles. The summed E-state index contributed by atoms with van der Waals surface area (Å²) in [6.07, 6.45) is 1.15. The highest BCUT2D eigenvalue weighted by Crippen LogP contribution is 2.30. The average molecular weight is 262 g/mol. The topological polar surface area (TPSA) is 24.5 Å². The van der Waals surface area contributed by atoms with Crippen molar-refractivity contribution in [3.05, 3.63) is 29.8 Å². The summed E-state index contributed by atoms with van der Waals surface area (Å²) in [6, 6.07) is 8.75. The highest BCUT2D eigenvalue weighted by atomic mass is 16.5. The molecular weight excluding hydrogens is 236 g/mol. The molecule has 0 saturated carbocycles. The molecule has 1 fully saturated rings. The number of anilines is 1. The van der Waals surface area contributed by atoms with Gasteiger partial charge in [0.15, 0.2) is 0 Å². The predicted molar refractivity (Wildman–Crippen MR) is 80.9 cm³/mol. The molecule has 1 aliphatic heterocycles. The van der Waals surface area contributed by atoms with Gasteiger partial charge >= 0.3 is 0 Å². The fraction of sp³-hybridized carbons (Fsp3) is 0.625. The molecule has 1 N–H and O–H groups in total. The van der Waals surface area contributed by atoms with E-state index in [0.29, 0.717) is 0 Å². The van der Waals surface area contributed by atoms with E-state index in [4.69, 9.17) is 4.74 Å². The van der Waals surface area contributed by atoms with E-state index in [-0.39, 0.29) is 5.41 Å². The van der Waals surface area contributed by atoms with Crippen LogP contribution in [0.3, 0.4) is 0 Å². The van der Waals surface area contributed by atoms with Gasteiger partial charge in [-0.25, -0.2) is 0 Å². The van der Waals surface area contributed by atoms with Crippen molar-refractivity contribution in [3.8, 4) is 0 Å². The third kappa shape index (κ3) is 3.71. The van der Waals surface area contributed by atoms with Gasteiger partial charge < -0.3 is 15.0 Å². The van der Waals surface area contributed by atoms with E-state index in [1.165, 1.54) is 11.3 Å². The Morgan fingerprint density at radius 2 is 2.05 bits per heavy atom. The van der Waals surface area contributed by atoms with Gasteiger partial charge in [0.1, 0.15) is 0 Å². The van der Waals surface area contributed by atoms with E-state index in [9.17, 15) is 0 Å². The monoisotopic (exact) mass is 262 g/mol. The number of hydrogen-bond acceptors (Lipinski definition) is 3. The van der Waals surface area contributed by atoms with Crippen LogP contribution < -0.4 is 10.2 Å². The number of ether oxygens (including phenoxy) is 1. The fourth-order valence-corrected chi connectivity index (χ4v) is 2.75. The second kappa shape index (κ2) is 6.40. The van der Waals surface area contributed by atoms with Crippen LogP contribution in [0.4, 0.5) is 5.69 Å². The lowest BCUT2D eigenvalue weighted by Gasteiger charge is -2.33. The zero-order valence-corrected chi connectivity index (χ0v) is 12.4. The smallest absolute Gasteiger partial charge is 0.0552 e. The summed E-state index contributed by atoms with van der Waals surface area (Å²) in [5.74, 6) is 0. The van der Waals surface area contributed by atoms with Crippen LogP contribution in [0.2, 0.25) is 0 Å². The Morgan fingerprint density at radius 3 is 2.63 bits per heavy atom. The van der Waals surface area contributed by atoms with Crippen molar-refractivity contribution in [1.82, 2.24) is 5.32 Å². The van der Waals surface area contributed by atoms with Crippen molar-refractivity contribution >= 4 is 5.69 Å². The van der Waals surface area contributed by atoms with E-state index < -0.39 is 0 Å². The minimum atomic E-state index is 0.260. The van der Waals surface area contributed by atoms with Crippen LogP contribution in [0.1, 0.15) is 18.9 Å². The minimum Gasteiger partial charge on any atom is -0.381 e. The number of rotatable bonds is 6. The Bertz CT molecular complexity index is 382. The Balaban J connectivity index is 2.02. The normalized spacial score (nSPS) is 22.7. The van der Waals surface area contributed by atoms with Crippen molar-refractivity contribution in [2.75, 3.05) is 44.8 Å². The summed E-state index contributed by atoms with van der Waals surface area (Å²) < 4.78 is 5.65. The van der Waals surface area contributed by atoms with Gasteiger partial charge in [-0.3, -0.25) is 0 Å². The number of aryl methyl sites for hydroxylation is 1. The van der Waals surface area contributed by atoms with Gasteiger partial charge in [0, 0.05) is 37.8 Å². The van der Waals surface area contributed by atoms with Crippen LogP contribution in [-0.4, -0.2) is 39.9 Å². The van der Waals surface area contributed by atoms with Gasteiger partial charge in [-0.15, -0.1) is 0 Å². The second-order valence-corrected chi connectivity index (χ2v) is 5.77. The van der Waals surface area contributed by atoms with E-state index in [1.54, 1.807) is 0 Å². The highest BCUT2D eigenvalue weighted by Gasteiger charge is 2.35. The van der Waals surface area contributed by atoms with Crippen LogP contribution in [0.25, 0.3) is 0 Å². The molecule has 3 heteroatoms. The van der Waals surface area contributed by atoms with E-state index in [2.05, 4.69) is 55.4 Å². The predicted octanol–water partition coefficient (Wildman–Crippen LogP) is 2.45. The molecule has 1 aliphatic rings. The maximum absolute atomic E-state index is 5.65. The molecule has 0 radical (unpaired) electrons. The number of nitrogens with zero attached hydrogens (tertiary/aromatic N) is 1. The molecule has 1 heterocycles. The van der Waals surface area contributed by atoms with Gasteiger partial charge in [-0.2, -0.15) is 0 Å². The molecule has 19 heavy (non-hydrogen) atoms. The van der Waals surface area contributed by atoms with Crippen LogP contribution in [-0.2, 0) is 4.74 Å². The molecule has 0 bridgehead atoms. The first-order valence-electron chi connectivity index (χ1n) is 7.21. The largest absolute Gasteiger partial charge is 0.381 e. The minimum absolute atomic E-state index is 0.260. The van der Waals surface area contributed by atoms with Crippen molar-refractivity contribution < 1.29 is 4.74 Å². The van der Waals surface area contributed by atoms with Gasteiger partial charge in [0.2, 0.25) is 0 Å². The molecule has 0 aliphatic carbocycles. The Hall–Kier alpha value is -1.06.